The molecule has 0 radical (unpaired) electrons. The molecule has 2 aromatic carbocycles. The third-order valence-corrected chi connectivity index (χ3v) is 6.42. The summed E-state index contributed by atoms with van der Waals surface area (Å²) in [5.74, 6) is 2.95. The predicted octanol–water partition coefficient (Wildman–Crippen LogP) is 5.51. The lowest BCUT2D eigenvalue weighted by atomic mass is 9.96. The summed E-state index contributed by atoms with van der Waals surface area (Å²) in [6.45, 7) is 0.689. The smallest absolute Gasteiger partial charge is 0.223 e. The van der Waals surface area contributed by atoms with Gasteiger partial charge in [-0.25, -0.2) is 9.97 Å². The normalized spacial score (nSPS) is 13.6. The zero-order valence-corrected chi connectivity index (χ0v) is 20.0. The monoisotopic (exact) mass is 459 g/mol. The Labute approximate surface area is 201 Å². The van der Waals surface area contributed by atoms with E-state index in [4.69, 9.17) is 9.47 Å². The van der Waals surface area contributed by atoms with Gasteiger partial charge >= 0.3 is 0 Å². The van der Waals surface area contributed by atoms with Crippen LogP contribution in [0.25, 0.3) is 11.3 Å². The summed E-state index contributed by atoms with van der Waals surface area (Å²) in [6, 6.07) is 16.0. The van der Waals surface area contributed by atoms with E-state index in [1.54, 1.807) is 20.4 Å². The Morgan fingerprint density at radius 1 is 1.00 bits per heavy atom. The molecule has 6 nitrogen and oxygen atoms in total. The van der Waals surface area contributed by atoms with E-state index in [-0.39, 0.29) is 0 Å². The summed E-state index contributed by atoms with van der Waals surface area (Å²) in [7, 11) is 3.27. The van der Waals surface area contributed by atoms with E-state index in [1.165, 1.54) is 25.7 Å². The van der Waals surface area contributed by atoms with Crippen LogP contribution in [0.4, 0.5) is 5.95 Å². The maximum Gasteiger partial charge on any atom is 0.223 e. The van der Waals surface area contributed by atoms with Gasteiger partial charge in [0.1, 0.15) is 5.78 Å². The van der Waals surface area contributed by atoms with Gasteiger partial charge in [-0.15, -0.1) is 0 Å². The molecule has 0 bridgehead atoms. The average Bonchev–Trinajstić information content (AvgIpc) is 3.37. The maximum absolute atomic E-state index is 12.5. The zero-order chi connectivity index (χ0) is 23.8. The van der Waals surface area contributed by atoms with Crippen LogP contribution in [0.2, 0.25) is 0 Å². The topological polar surface area (TPSA) is 73.3 Å². The van der Waals surface area contributed by atoms with Gasteiger partial charge in [0.25, 0.3) is 0 Å². The number of anilines is 1. The molecule has 1 fully saturated rings. The molecule has 1 saturated carbocycles. The highest BCUT2D eigenvalue weighted by Gasteiger charge is 2.18. The number of hydrogen-bond acceptors (Lipinski definition) is 6. The van der Waals surface area contributed by atoms with Gasteiger partial charge in [0.2, 0.25) is 5.95 Å². The van der Waals surface area contributed by atoms with Crippen molar-refractivity contribution in [3.63, 3.8) is 0 Å². The highest BCUT2D eigenvalue weighted by molar-refractivity contribution is 5.81. The predicted molar refractivity (Wildman–Crippen MR) is 134 cm³/mol. The van der Waals surface area contributed by atoms with Crippen molar-refractivity contribution in [1.82, 2.24) is 9.97 Å². The number of methoxy groups -OCH3 is 2. The van der Waals surface area contributed by atoms with Crippen molar-refractivity contribution < 1.29 is 14.3 Å². The molecule has 178 valence electrons. The third kappa shape index (κ3) is 6.34. The first kappa shape index (κ1) is 23.7. The lowest BCUT2D eigenvalue weighted by molar-refractivity contribution is -0.119. The highest BCUT2D eigenvalue weighted by atomic mass is 16.5. The molecule has 0 aliphatic heterocycles. The number of hydrogen-bond donors (Lipinski definition) is 1. The van der Waals surface area contributed by atoms with Crippen LogP contribution in [-0.4, -0.2) is 36.5 Å². The summed E-state index contributed by atoms with van der Waals surface area (Å²) in [4.78, 5) is 21.6. The van der Waals surface area contributed by atoms with Crippen molar-refractivity contribution in [3.05, 3.63) is 65.9 Å². The number of Topliss-reactive ketones (excluding diaryl/α,β-unsaturated/α-hetero) is 1. The van der Waals surface area contributed by atoms with E-state index in [0.717, 1.165) is 40.3 Å². The van der Waals surface area contributed by atoms with Crippen LogP contribution >= 0.6 is 0 Å². The standard InChI is InChI=1S/C28H33N3O3/c1-33-26-11-10-21(19-27(26)34-2)12-14-29-28-30-15-13-25(31-28)23-9-5-8-22(16-23)18-24(32)17-20-6-3-4-7-20/h5,8-11,13,15-16,19-20H,3-4,6-7,12,14,17-18H2,1-2H3,(H,29,30,31). The van der Waals surface area contributed by atoms with Gasteiger partial charge in [0, 0.05) is 31.1 Å². The SMILES string of the molecule is COc1ccc(CCNc2nccc(-c3cccc(CC(=O)CC4CCCC4)c3)n2)cc1OC. The highest BCUT2D eigenvalue weighted by Crippen LogP contribution is 2.29. The van der Waals surface area contributed by atoms with E-state index in [2.05, 4.69) is 21.4 Å². The zero-order valence-electron chi connectivity index (χ0n) is 20.0. The first-order valence-corrected chi connectivity index (χ1v) is 12.0. The Morgan fingerprint density at radius 3 is 2.62 bits per heavy atom. The molecule has 1 aliphatic carbocycles. The van der Waals surface area contributed by atoms with Crippen LogP contribution < -0.4 is 14.8 Å². The van der Waals surface area contributed by atoms with Gasteiger partial charge in [-0.3, -0.25) is 4.79 Å². The quantitative estimate of drug-likeness (QED) is 0.408. The van der Waals surface area contributed by atoms with Gasteiger partial charge in [0.15, 0.2) is 11.5 Å². The van der Waals surface area contributed by atoms with Crippen LogP contribution in [0, 0.1) is 5.92 Å². The van der Waals surface area contributed by atoms with E-state index in [1.807, 2.05) is 42.5 Å². The van der Waals surface area contributed by atoms with Crippen molar-refractivity contribution in [3.8, 4) is 22.8 Å². The Bertz CT molecular complexity index is 1110. The molecule has 1 aromatic heterocycles. The Morgan fingerprint density at radius 2 is 1.82 bits per heavy atom. The lowest BCUT2D eigenvalue weighted by Crippen LogP contribution is -2.09. The molecule has 34 heavy (non-hydrogen) atoms. The second kappa shape index (κ2) is 11.6. The number of nitrogens with one attached hydrogen (secondary N) is 1. The number of carbonyl (C=O) groups excluding carboxylic acids is 1. The molecule has 0 unspecified atom stereocenters. The van der Waals surface area contributed by atoms with Crippen LogP contribution in [0.3, 0.4) is 0 Å². The van der Waals surface area contributed by atoms with Crippen LogP contribution in [0.1, 0.15) is 43.2 Å². The van der Waals surface area contributed by atoms with Gasteiger partial charge in [-0.2, -0.15) is 0 Å². The number of rotatable bonds is 11. The summed E-state index contributed by atoms with van der Waals surface area (Å²) in [5.41, 5.74) is 4.02. The maximum atomic E-state index is 12.5. The summed E-state index contributed by atoms with van der Waals surface area (Å²) >= 11 is 0. The lowest BCUT2D eigenvalue weighted by Gasteiger charge is -2.11. The first-order chi connectivity index (χ1) is 16.6. The van der Waals surface area contributed by atoms with Crippen molar-refractivity contribution in [2.24, 2.45) is 5.92 Å². The van der Waals surface area contributed by atoms with Crippen LogP contribution in [0.5, 0.6) is 11.5 Å². The molecular weight excluding hydrogens is 426 g/mol. The van der Waals surface area contributed by atoms with Crippen molar-refractivity contribution in [2.75, 3.05) is 26.1 Å². The second-order valence-corrected chi connectivity index (χ2v) is 8.90. The molecular formula is C28H33N3O3. The molecule has 1 N–H and O–H groups in total. The van der Waals surface area contributed by atoms with E-state index in [9.17, 15) is 4.79 Å². The molecule has 4 rings (SSSR count). The van der Waals surface area contributed by atoms with Crippen molar-refractivity contribution >= 4 is 11.7 Å². The molecule has 3 aromatic rings. The number of ether oxygens (including phenoxy) is 2. The number of benzene rings is 2. The average molecular weight is 460 g/mol. The molecule has 6 heteroatoms. The number of carbonyl (C=O) groups is 1. The fourth-order valence-corrected chi connectivity index (χ4v) is 4.64. The molecule has 1 aliphatic rings. The van der Waals surface area contributed by atoms with Gasteiger partial charge in [0.05, 0.1) is 19.9 Å². The second-order valence-electron chi connectivity index (χ2n) is 8.90. The summed E-state index contributed by atoms with van der Waals surface area (Å²) in [5, 5.41) is 3.31. The van der Waals surface area contributed by atoms with Gasteiger partial charge in [-0.1, -0.05) is 49.9 Å². The third-order valence-electron chi connectivity index (χ3n) is 6.42. The molecule has 0 amide bonds. The first-order valence-electron chi connectivity index (χ1n) is 12.0. The van der Waals surface area contributed by atoms with E-state index < -0.39 is 0 Å². The fraction of sp³-hybridized carbons (Fsp3) is 0.393. The molecule has 0 spiro atoms. The minimum absolute atomic E-state index is 0.337. The number of ketones is 1. The fourth-order valence-electron chi connectivity index (χ4n) is 4.64. The Kier molecular flexibility index (Phi) is 8.12. The van der Waals surface area contributed by atoms with Gasteiger partial charge in [-0.05, 0) is 47.7 Å². The summed E-state index contributed by atoms with van der Waals surface area (Å²) < 4.78 is 10.7. The molecule has 1 heterocycles. The van der Waals surface area contributed by atoms with Crippen molar-refractivity contribution in [1.29, 1.82) is 0 Å². The Balaban J connectivity index is 1.35. The van der Waals surface area contributed by atoms with E-state index >= 15 is 0 Å². The number of aromatic nitrogens is 2. The molecule has 0 atom stereocenters. The Hall–Kier alpha value is -3.41. The van der Waals surface area contributed by atoms with E-state index in [0.29, 0.717) is 37.0 Å². The van der Waals surface area contributed by atoms with Gasteiger partial charge < -0.3 is 14.8 Å². The largest absolute Gasteiger partial charge is 0.493 e. The van der Waals surface area contributed by atoms with Crippen LogP contribution in [-0.2, 0) is 17.6 Å². The van der Waals surface area contributed by atoms with Crippen molar-refractivity contribution in [2.45, 2.75) is 44.9 Å². The van der Waals surface area contributed by atoms with Crippen LogP contribution in [0.15, 0.2) is 54.7 Å². The minimum Gasteiger partial charge on any atom is -0.493 e. The minimum atomic E-state index is 0.337. The summed E-state index contributed by atoms with van der Waals surface area (Å²) in [6.07, 6.45) is 8.71. The molecule has 0 saturated heterocycles. The number of nitrogens with zero attached hydrogens (tertiary/aromatic N) is 2.